The molecule has 0 fully saturated rings. The zero-order valence-corrected chi connectivity index (χ0v) is 15.3. The normalized spacial score (nSPS) is 14.6. The molecule has 1 aromatic carbocycles. The molecule has 1 aliphatic carbocycles. The second kappa shape index (κ2) is 5.98. The van der Waals surface area contributed by atoms with Crippen molar-refractivity contribution in [3.63, 3.8) is 0 Å². The van der Waals surface area contributed by atoms with E-state index in [0.717, 1.165) is 35.1 Å². The van der Waals surface area contributed by atoms with Crippen LogP contribution in [0.4, 0.5) is 5.69 Å². The van der Waals surface area contributed by atoms with Crippen molar-refractivity contribution in [3.05, 3.63) is 57.0 Å². The van der Waals surface area contributed by atoms with Gasteiger partial charge in [0.15, 0.2) is 23.3 Å². The second-order valence-electron chi connectivity index (χ2n) is 6.51. The molecule has 1 aliphatic rings. The maximum absolute atomic E-state index is 11.2. The van der Waals surface area contributed by atoms with E-state index in [2.05, 4.69) is 15.1 Å². The van der Waals surface area contributed by atoms with Crippen LogP contribution < -0.4 is 4.74 Å². The number of fused-ring (bicyclic) bond motifs is 5. The Balaban J connectivity index is 1.56. The van der Waals surface area contributed by atoms with Crippen LogP contribution in [0, 0.1) is 10.1 Å². The molecule has 0 N–H and O–H groups in total. The number of aromatic nitrogens is 4. The number of benzene rings is 1. The summed E-state index contributed by atoms with van der Waals surface area (Å²) in [6.45, 7) is 1.79. The third-order valence-corrected chi connectivity index (χ3v) is 5.99. The highest BCUT2D eigenvalue weighted by atomic mass is 32.1. The van der Waals surface area contributed by atoms with E-state index in [9.17, 15) is 10.1 Å². The number of para-hydroxylation sites is 2. The Morgan fingerprint density at radius 2 is 2.19 bits per heavy atom. The van der Waals surface area contributed by atoms with Crippen LogP contribution in [0.25, 0.3) is 15.9 Å². The Hall–Kier alpha value is -3.07. The van der Waals surface area contributed by atoms with Crippen LogP contribution >= 0.6 is 11.3 Å². The number of hydrogen-bond donors (Lipinski definition) is 0. The quantitative estimate of drug-likeness (QED) is 0.393. The molecule has 9 heteroatoms. The van der Waals surface area contributed by atoms with Crippen LogP contribution in [0.5, 0.6) is 5.75 Å². The molecular formula is C18H15N5O3S. The van der Waals surface area contributed by atoms with Crippen molar-refractivity contribution >= 4 is 32.9 Å². The first-order chi connectivity index (χ1) is 13.1. The smallest absolute Gasteiger partial charge is 0.310 e. The van der Waals surface area contributed by atoms with Crippen molar-refractivity contribution in [3.8, 4) is 5.75 Å². The van der Waals surface area contributed by atoms with E-state index in [0.29, 0.717) is 5.82 Å². The first kappa shape index (κ1) is 16.1. The van der Waals surface area contributed by atoms with Crippen molar-refractivity contribution in [1.82, 2.24) is 19.6 Å². The van der Waals surface area contributed by atoms with Gasteiger partial charge in [-0.25, -0.2) is 14.5 Å². The monoisotopic (exact) mass is 381 g/mol. The van der Waals surface area contributed by atoms with Gasteiger partial charge in [0.1, 0.15) is 11.2 Å². The highest BCUT2D eigenvalue weighted by Crippen LogP contribution is 2.38. The maximum Gasteiger partial charge on any atom is 0.310 e. The number of ether oxygens (including phenoxy) is 1. The van der Waals surface area contributed by atoms with E-state index >= 15 is 0 Å². The average Bonchev–Trinajstić information content (AvgIpc) is 3.34. The van der Waals surface area contributed by atoms with Gasteiger partial charge in [0.25, 0.3) is 0 Å². The average molecular weight is 381 g/mol. The molecule has 3 heterocycles. The SMILES string of the molecule is C[C@H](Oc1ccccc1[N+](=O)[O-])c1nc2c3c4c(sc3ncn2n1)CCC4. The molecular weight excluding hydrogens is 366 g/mol. The van der Waals surface area contributed by atoms with Crippen molar-refractivity contribution in [2.75, 3.05) is 0 Å². The second-order valence-corrected chi connectivity index (χ2v) is 7.59. The molecule has 1 atom stereocenters. The van der Waals surface area contributed by atoms with E-state index in [4.69, 9.17) is 4.74 Å². The fourth-order valence-corrected chi connectivity index (χ4v) is 4.76. The van der Waals surface area contributed by atoms with Crippen LogP contribution in [-0.4, -0.2) is 24.5 Å². The predicted molar refractivity (Wildman–Crippen MR) is 100 cm³/mol. The summed E-state index contributed by atoms with van der Waals surface area (Å²) >= 11 is 1.73. The molecule has 0 aliphatic heterocycles. The van der Waals surface area contributed by atoms with Gasteiger partial charge in [-0.05, 0) is 37.8 Å². The van der Waals surface area contributed by atoms with Gasteiger partial charge in [-0.2, -0.15) is 0 Å². The molecule has 0 amide bonds. The first-order valence-electron chi connectivity index (χ1n) is 8.67. The van der Waals surface area contributed by atoms with E-state index in [1.807, 2.05) is 0 Å². The first-order valence-corrected chi connectivity index (χ1v) is 9.49. The van der Waals surface area contributed by atoms with E-state index in [1.165, 1.54) is 16.5 Å². The summed E-state index contributed by atoms with van der Waals surface area (Å²) in [5, 5.41) is 16.8. The van der Waals surface area contributed by atoms with Crippen LogP contribution in [-0.2, 0) is 12.8 Å². The van der Waals surface area contributed by atoms with Crippen LogP contribution in [0.3, 0.4) is 0 Å². The molecule has 27 heavy (non-hydrogen) atoms. The topological polar surface area (TPSA) is 95.5 Å². The molecule has 4 aromatic rings. The summed E-state index contributed by atoms with van der Waals surface area (Å²) in [6, 6.07) is 6.31. The molecule has 136 valence electrons. The molecule has 8 nitrogen and oxygen atoms in total. The number of nitro benzene ring substituents is 1. The Kier molecular flexibility index (Phi) is 3.57. The molecule has 0 radical (unpaired) electrons. The molecule has 3 aromatic heterocycles. The zero-order valence-electron chi connectivity index (χ0n) is 14.5. The van der Waals surface area contributed by atoms with E-state index < -0.39 is 11.0 Å². The highest BCUT2D eigenvalue weighted by Gasteiger charge is 2.24. The molecule has 0 bridgehead atoms. The van der Waals surface area contributed by atoms with E-state index in [-0.39, 0.29) is 11.4 Å². The fraction of sp³-hybridized carbons (Fsp3) is 0.278. The number of nitrogens with zero attached hydrogens (tertiary/aromatic N) is 5. The van der Waals surface area contributed by atoms with Gasteiger partial charge in [-0.15, -0.1) is 16.4 Å². The standard InChI is InChI=1S/C18H15N5O3S/c1-10(26-13-7-3-2-6-12(13)23(24)25)16-20-17-15-11-5-4-8-14(11)27-18(15)19-9-22(17)21-16/h2-3,6-7,9-10H,4-5,8H2,1H3/t10-/m0/s1. The number of nitro groups is 1. The Morgan fingerprint density at radius 3 is 3.04 bits per heavy atom. The molecule has 0 unspecified atom stereocenters. The Labute approximate surface area is 157 Å². The van der Waals surface area contributed by atoms with Crippen molar-refractivity contribution in [1.29, 1.82) is 0 Å². The fourth-order valence-electron chi connectivity index (χ4n) is 3.53. The third-order valence-electron chi connectivity index (χ3n) is 4.79. The lowest BCUT2D eigenvalue weighted by molar-refractivity contribution is -0.386. The molecule has 0 saturated heterocycles. The summed E-state index contributed by atoms with van der Waals surface area (Å²) in [5.41, 5.74) is 2.03. The largest absolute Gasteiger partial charge is 0.476 e. The molecule has 5 rings (SSSR count). The lowest BCUT2D eigenvalue weighted by Gasteiger charge is -2.11. The number of rotatable bonds is 4. The predicted octanol–water partition coefficient (Wildman–Crippen LogP) is 3.88. The highest BCUT2D eigenvalue weighted by molar-refractivity contribution is 7.19. The van der Waals surface area contributed by atoms with Gasteiger partial charge >= 0.3 is 5.69 Å². The minimum absolute atomic E-state index is 0.0761. The lowest BCUT2D eigenvalue weighted by Crippen LogP contribution is -2.07. The number of aryl methyl sites for hydroxylation is 2. The van der Waals surface area contributed by atoms with Gasteiger partial charge in [0.05, 0.1) is 10.3 Å². The van der Waals surface area contributed by atoms with Gasteiger partial charge < -0.3 is 4.74 Å². The van der Waals surface area contributed by atoms with Crippen LogP contribution in [0.2, 0.25) is 0 Å². The summed E-state index contributed by atoms with van der Waals surface area (Å²) in [5.74, 6) is 0.675. The molecule has 0 spiro atoms. The van der Waals surface area contributed by atoms with Crippen molar-refractivity contribution in [2.45, 2.75) is 32.3 Å². The van der Waals surface area contributed by atoms with Gasteiger partial charge in [-0.3, -0.25) is 10.1 Å². The lowest BCUT2D eigenvalue weighted by atomic mass is 10.2. The Bertz CT molecular complexity index is 1200. The van der Waals surface area contributed by atoms with Gasteiger partial charge in [-0.1, -0.05) is 12.1 Å². The van der Waals surface area contributed by atoms with Crippen molar-refractivity contribution in [2.24, 2.45) is 0 Å². The maximum atomic E-state index is 11.2. The molecule has 0 saturated carbocycles. The minimum atomic E-state index is -0.535. The summed E-state index contributed by atoms with van der Waals surface area (Å²) in [7, 11) is 0. The third kappa shape index (κ3) is 2.54. The van der Waals surface area contributed by atoms with Gasteiger partial charge in [0, 0.05) is 10.9 Å². The number of thiophene rings is 1. The summed E-state index contributed by atoms with van der Waals surface area (Å²) < 4.78 is 7.48. The van der Waals surface area contributed by atoms with Crippen molar-refractivity contribution < 1.29 is 9.66 Å². The minimum Gasteiger partial charge on any atom is -0.476 e. The summed E-state index contributed by atoms with van der Waals surface area (Å²) in [6.07, 6.45) is 4.43. The zero-order chi connectivity index (χ0) is 18.5. The van der Waals surface area contributed by atoms with E-state index in [1.54, 1.807) is 47.3 Å². The van der Waals surface area contributed by atoms with Gasteiger partial charge in [0.2, 0.25) is 0 Å². The summed E-state index contributed by atoms with van der Waals surface area (Å²) in [4.78, 5) is 22.3. The Morgan fingerprint density at radius 1 is 1.33 bits per heavy atom. The van der Waals surface area contributed by atoms with Crippen LogP contribution in [0.1, 0.15) is 35.7 Å². The number of hydrogen-bond acceptors (Lipinski definition) is 7. The van der Waals surface area contributed by atoms with Crippen LogP contribution in [0.15, 0.2) is 30.6 Å².